The number of halogens is 1. The van der Waals surface area contributed by atoms with Crippen LogP contribution in [0.3, 0.4) is 0 Å². The predicted molar refractivity (Wildman–Crippen MR) is 97.4 cm³/mol. The Bertz CT molecular complexity index is 703. The maximum absolute atomic E-state index is 6.27. The molecule has 5 nitrogen and oxygen atoms in total. The summed E-state index contributed by atoms with van der Waals surface area (Å²) in [5, 5.41) is 3.19. The summed E-state index contributed by atoms with van der Waals surface area (Å²) in [6, 6.07) is 4.13. The molecule has 0 amide bonds. The fourth-order valence-corrected chi connectivity index (χ4v) is 3.56. The molecule has 128 valence electrons. The first-order chi connectivity index (χ1) is 11.7. The lowest BCUT2D eigenvalue weighted by atomic mass is 10.1. The van der Waals surface area contributed by atoms with Gasteiger partial charge in [0.25, 0.3) is 0 Å². The highest BCUT2D eigenvalue weighted by atomic mass is 79.9. The second-order valence-electron chi connectivity index (χ2n) is 5.93. The molecule has 1 aliphatic carbocycles. The van der Waals surface area contributed by atoms with E-state index in [0.717, 1.165) is 42.0 Å². The number of hydrogen-bond donors (Lipinski definition) is 1. The fourth-order valence-electron chi connectivity index (χ4n) is 3.13. The van der Waals surface area contributed by atoms with E-state index in [2.05, 4.69) is 43.3 Å². The number of aromatic nitrogens is 2. The van der Waals surface area contributed by atoms with Crippen LogP contribution in [0.2, 0.25) is 0 Å². The third-order valence-corrected chi connectivity index (χ3v) is 4.78. The van der Waals surface area contributed by atoms with Crippen LogP contribution >= 0.6 is 15.9 Å². The van der Waals surface area contributed by atoms with Gasteiger partial charge < -0.3 is 14.8 Å². The first-order valence-corrected chi connectivity index (χ1v) is 9.01. The number of nitrogens with zero attached hydrogens (tertiary/aromatic N) is 2. The van der Waals surface area contributed by atoms with E-state index in [4.69, 9.17) is 9.47 Å². The molecular formula is C18H22BrN3O2. The molecule has 1 aromatic heterocycles. The third kappa shape index (κ3) is 3.70. The standard InChI is InChI=1S/C18H22BrN3O2/c1-20-11-12-9-14(16-18(19)22-8-7-21-16)17(23-2)15(10-12)24-13-5-3-4-6-13/h7-10,13,20H,3-6,11H2,1-2H3. The Morgan fingerprint density at radius 2 is 1.96 bits per heavy atom. The summed E-state index contributed by atoms with van der Waals surface area (Å²) in [6.45, 7) is 0.746. The average Bonchev–Trinajstić information content (AvgIpc) is 3.08. The van der Waals surface area contributed by atoms with Crippen LogP contribution in [0.5, 0.6) is 11.5 Å². The lowest BCUT2D eigenvalue weighted by Crippen LogP contribution is -2.13. The summed E-state index contributed by atoms with van der Waals surface area (Å²) in [7, 11) is 3.60. The summed E-state index contributed by atoms with van der Waals surface area (Å²) in [4.78, 5) is 8.75. The molecule has 3 rings (SSSR count). The van der Waals surface area contributed by atoms with Crippen molar-refractivity contribution in [1.29, 1.82) is 0 Å². The van der Waals surface area contributed by atoms with Crippen molar-refractivity contribution in [1.82, 2.24) is 15.3 Å². The zero-order valence-electron chi connectivity index (χ0n) is 14.0. The van der Waals surface area contributed by atoms with Gasteiger partial charge in [-0.1, -0.05) is 0 Å². The molecule has 0 bridgehead atoms. The van der Waals surface area contributed by atoms with Crippen molar-refractivity contribution < 1.29 is 9.47 Å². The van der Waals surface area contributed by atoms with Crippen molar-refractivity contribution in [2.75, 3.05) is 14.2 Å². The molecule has 0 atom stereocenters. The maximum Gasteiger partial charge on any atom is 0.170 e. The molecule has 0 saturated heterocycles. The lowest BCUT2D eigenvalue weighted by molar-refractivity contribution is 0.201. The molecule has 1 aromatic carbocycles. The highest BCUT2D eigenvalue weighted by molar-refractivity contribution is 9.10. The number of methoxy groups -OCH3 is 1. The Morgan fingerprint density at radius 1 is 1.21 bits per heavy atom. The summed E-state index contributed by atoms with van der Waals surface area (Å²) in [5.41, 5.74) is 2.76. The van der Waals surface area contributed by atoms with Crippen LogP contribution in [0.25, 0.3) is 11.3 Å². The largest absolute Gasteiger partial charge is 0.492 e. The molecule has 0 unspecified atom stereocenters. The van der Waals surface area contributed by atoms with E-state index in [1.807, 2.05) is 7.05 Å². The van der Waals surface area contributed by atoms with Gasteiger partial charge in [0, 0.05) is 24.5 Å². The summed E-state index contributed by atoms with van der Waals surface area (Å²) in [6.07, 6.45) is 8.27. The quantitative estimate of drug-likeness (QED) is 0.807. The highest BCUT2D eigenvalue weighted by Gasteiger charge is 2.22. The summed E-state index contributed by atoms with van der Waals surface area (Å²) < 4.78 is 12.7. The summed E-state index contributed by atoms with van der Waals surface area (Å²) in [5.74, 6) is 1.49. The minimum atomic E-state index is 0.266. The molecule has 0 aliphatic heterocycles. The van der Waals surface area contributed by atoms with Gasteiger partial charge in [0.2, 0.25) is 0 Å². The van der Waals surface area contributed by atoms with Gasteiger partial charge in [-0.25, -0.2) is 4.98 Å². The predicted octanol–water partition coefficient (Wildman–Crippen LogP) is 3.96. The molecule has 1 heterocycles. The van der Waals surface area contributed by atoms with Gasteiger partial charge in [0.15, 0.2) is 11.5 Å². The van der Waals surface area contributed by atoms with E-state index in [9.17, 15) is 0 Å². The second kappa shape index (κ2) is 7.94. The van der Waals surface area contributed by atoms with Crippen molar-refractivity contribution >= 4 is 15.9 Å². The highest BCUT2D eigenvalue weighted by Crippen LogP contribution is 2.41. The van der Waals surface area contributed by atoms with Crippen LogP contribution in [0, 0.1) is 0 Å². The number of ether oxygens (including phenoxy) is 2. The van der Waals surface area contributed by atoms with Crippen LogP contribution in [0.4, 0.5) is 0 Å². The van der Waals surface area contributed by atoms with Gasteiger partial charge in [0.05, 0.1) is 13.2 Å². The Labute approximate surface area is 150 Å². The molecule has 24 heavy (non-hydrogen) atoms. The van der Waals surface area contributed by atoms with E-state index >= 15 is 0 Å². The van der Waals surface area contributed by atoms with Crippen molar-refractivity contribution in [2.24, 2.45) is 0 Å². The number of nitrogens with one attached hydrogen (secondary N) is 1. The topological polar surface area (TPSA) is 56.3 Å². The Kier molecular flexibility index (Phi) is 5.68. The number of rotatable bonds is 6. The van der Waals surface area contributed by atoms with E-state index in [-0.39, 0.29) is 6.10 Å². The van der Waals surface area contributed by atoms with Crippen molar-refractivity contribution in [3.8, 4) is 22.8 Å². The average molecular weight is 392 g/mol. The SMILES string of the molecule is CNCc1cc(OC2CCCC2)c(OC)c(-c2nccnc2Br)c1. The first-order valence-electron chi connectivity index (χ1n) is 8.22. The van der Waals surface area contributed by atoms with Crippen molar-refractivity contribution in [3.05, 3.63) is 34.7 Å². The third-order valence-electron chi connectivity index (χ3n) is 4.20. The number of benzene rings is 1. The van der Waals surface area contributed by atoms with Crippen LogP contribution < -0.4 is 14.8 Å². The van der Waals surface area contributed by atoms with Gasteiger partial charge in [-0.05, 0) is 66.4 Å². The first kappa shape index (κ1) is 17.2. The summed E-state index contributed by atoms with van der Waals surface area (Å²) >= 11 is 3.49. The Hall–Kier alpha value is -1.66. The van der Waals surface area contributed by atoms with Gasteiger partial charge in [-0.2, -0.15) is 0 Å². The molecule has 1 fully saturated rings. The number of hydrogen-bond acceptors (Lipinski definition) is 5. The zero-order valence-corrected chi connectivity index (χ0v) is 15.6. The van der Waals surface area contributed by atoms with E-state index < -0.39 is 0 Å². The van der Waals surface area contributed by atoms with Crippen molar-refractivity contribution in [3.63, 3.8) is 0 Å². The van der Waals surface area contributed by atoms with Gasteiger partial charge >= 0.3 is 0 Å². The maximum atomic E-state index is 6.27. The van der Waals surface area contributed by atoms with Crippen LogP contribution in [-0.2, 0) is 6.54 Å². The second-order valence-corrected chi connectivity index (χ2v) is 6.68. The normalized spacial score (nSPS) is 14.8. The van der Waals surface area contributed by atoms with E-state index in [1.54, 1.807) is 19.5 Å². The molecule has 0 spiro atoms. The van der Waals surface area contributed by atoms with Crippen molar-refractivity contribution in [2.45, 2.75) is 38.3 Å². The van der Waals surface area contributed by atoms with Crippen LogP contribution in [-0.4, -0.2) is 30.2 Å². The Morgan fingerprint density at radius 3 is 2.62 bits per heavy atom. The molecule has 2 aromatic rings. The molecule has 1 N–H and O–H groups in total. The fraction of sp³-hybridized carbons (Fsp3) is 0.444. The zero-order chi connectivity index (χ0) is 16.9. The molecule has 1 aliphatic rings. The van der Waals surface area contributed by atoms with E-state index in [0.29, 0.717) is 10.4 Å². The van der Waals surface area contributed by atoms with Gasteiger partial charge in [-0.3, -0.25) is 4.98 Å². The smallest absolute Gasteiger partial charge is 0.170 e. The Balaban J connectivity index is 2.08. The van der Waals surface area contributed by atoms with Gasteiger partial charge in [-0.15, -0.1) is 0 Å². The minimum Gasteiger partial charge on any atom is -0.492 e. The minimum absolute atomic E-state index is 0.266. The van der Waals surface area contributed by atoms with Crippen LogP contribution in [0.1, 0.15) is 31.2 Å². The molecule has 0 radical (unpaired) electrons. The monoisotopic (exact) mass is 391 g/mol. The van der Waals surface area contributed by atoms with Gasteiger partial charge in [0.1, 0.15) is 10.3 Å². The lowest BCUT2D eigenvalue weighted by Gasteiger charge is -2.20. The molecule has 1 saturated carbocycles. The van der Waals surface area contributed by atoms with Crippen LogP contribution in [0.15, 0.2) is 29.1 Å². The van der Waals surface area contributed by atoms with E-state index in [1.165, 1.54) is 12.8 Å². The molecular weight excluding hydrogens is 370 g/mol. The molecule has 6 heteroatoms.